The second-order valence-electron chi connectivity index (χ2n) is 8.85. The summed E-state index contributed by atoms with van der Waals surface area (Å²) in [5.74, 6) is -1.17. The van der Waals surface area contributed by atoms with E-state index < -0.39 is 17.0 Å². The molecule has 1 aliphatic rings. The van der Waals surface area contributed by atoms with Crippen LogP contribution in [0.2, 0.25) is 0 Å². The minimum absolute atomic E-state index is 0.0375. The van der Waals surface area contributed by atoms with Crippen LogP contribution in [0.25, 0.3) is 11.3 Å². The largest absolute Gasteiger partial charge is 0.417 e. The molecule has 0 aliphatic heterocycles. The van der Waals surface area contributed by atoms with E-state index in [9.17, 15) is 13.6 Å². The Morgan fingerprint density at radius 1 is 1.15 bits per heavy atom. The predicted octanol–water partition coefficient (Wildman–Crippen LogP) is 5.21. The van der Waals surface area contributed by atoms with Gasteiger partial charge in [0.05, 0.1) is 17.0 Å². The molecule has 0 spiro atoms. The van der Waals surface area contributed by atoms with Gasteiger partial charge in [-0.3, -0.25) is 4.79 Å². The van der Waals surface area contributed by atoms with Gasteiger partial charge >= 0.3 is 11.8 Å². The van der Waals surface area contributed by atoms with Gasteiger partial charge in [0.15, 0.2) is 0 Å². The Morgan fingerprint density at radius 3 is 2.47 bits per heavy atom. The minimum Gasteiger partial charge on any atom is -0.417 e. The highest BCUT2D eigenvalue weighted by Crippen LogP contribution is 2.46. The van der Waals surface area contributed by atoms with Crippen molar-refractivity contribution in [3.05, 3.63) is 58.9 Å². The van der Waals surface area contributed by atoms with Gasteiger partial charge in [-0.25, -0.2) is 8.78 Å². The molecular formula is C25H29F2N5O2. The first-order chi connectivity index (χ1) is 16.3. The highest BCUT2D eigenvalue weighted by molar-refractivity contribution is 5.89. The lowest BCUT2D eigenvalue weighted by atomic mass is 9.67. The van der Waals surface area contributed by atoms with Crippen LogP contribution in [0, 0.1) is 18.6 Å². The average Bonchev–Trinajstić information content (AvgIpc) is 3.28. The molecule has 0 saturated carbocycles. The average molecular weight is 470 g/mol. The minimum atomic E-state index is -0.669. The SMILES string of the molecule is CC[C@H]1CC[C@](CC)(CN(CC)C(=O)c2nnc(C)o2)c2nnc(-c3c(F)cccc3F)cc21. The topological polar surface area (TPSA) is 85.0 Å². The molecular weight excluding hydrogens is 440 g/mol. The molecule has 2 atom stereocenters. The summed E-state index contributed by atoms with van der Waals surface area (Å²) in [6, 6.07) is 5.55. The molecule has 2 heterocycles. The van der Waals surface area contributed by atoms with Gasteiger partial charge in [-0.15, -0.1) is 10.2 Å². The van der Waals surface area contributed by atoms with Gasteiger partial charge in [-0.05, 0) is 62.3 Å². The van der Waals surface area contributed by atoms with Crippen LogP contribution in [0.15, 0.2) is 28.7 Å². The highest BCUT2D eigenvalue weighted by atomic mass is 19.1. The summed E-state index contributed by atoms with van der Waals surface area (Å²) in [7, 11) is 0. The Kier molecular flexibility index (Phi) is 6.72. The third kappa shape index (κ3) is 4.19. The van der Waals surface area contributed by atoms with Crippen LogP contribution >= 0.6 is 0 Å². The van der Waals surface area contributed by atoms with Gasteiger partial charge in [-0.2, -0.15) is 10.2 Å². The Balaban J connectivity index is 1.76. The summed E-state index contributed by atoms with van der Waals surface area (Å²) in [4.78, 5) is 14.8. The zero-order chi connectivity index (χ0) is 24.5. The maximum Gasteiger partial charge on any atom is 0.311 e. The van der Waals surface area contributed by atoms with E-state index in [1.807, 2.05) is 6.92 Å². The summed E-state index contributed by atoms with van der Waals surface area (Å²) < 4.78 is 34.3. The molecule has 0 radical (unpaired) electrons. The Labute approximate surface area is 197 Å². The molecule has 34 heavy (non-hydrogen) atoms. The van der Waals surface area contributed by atoms with E-state index >= 15 is 0 Å². The maximum absolute atomic E-state index is 14.5. The summed E-state index contributed by atoms with van der Waals surface area (Å²) in [6.45, 7) is 8.57. The van der Waals surface area contributed by atoms with Crippen LogP contribution in [0.1, 0.15) is 80.2 Å². The Bertz CT molecular complexity index is 1180. The molecule has 1 aromatic carbocycles. The Morgan fingerprint density at radius 2 is 1.88 bits per heavy atom. The summed E-state index contributed by atoms with van der Waals surface area (Å²) in [6.07, 6.45) is 3.30. The number of hydrogen-bond donors (Lipinski definition) is 0. The van der Waals surface area contributed by atoms with E-state index in [4.69, 9.17) is 4.42 Å². The fourth-order valence-corrected chi connectivity index (χ4v) is 4.96. The number of nitrogens with zero attached hydrogens (tertiary/aromatic N) is 5. The maximum atomic E-state index is 14.5. The molecule has 180 valence electrons. The number of carbonyl (C=O) groups excluding carboxylic acids is 1. The normalized spacial score (nSPS) is 19.6. The molecule has 3 aromatic rings. The van der Waals surface area contributed by atoms with E-state index in [1.54, 1.807) is 17.9 Å². The third-order valence-corrected chi connectivity index (χ3v) is 7.00. The molecule has 0 saturated heterocycles. The molecule has 0 N–H and O–H groups in total. The molecule has 4 rings (SSSR count). The number of amides is 1. The molecule has 2 aromatic heterocycles. The van der Waals surface area contributed by atoms with Crippen LogP contribution in [-0.2, 0) is 5.41 Å². The molecule has 0 unspecified atom stereocenters. The first-order valence-electron chi connectivity index (χ1n) is 11.7. The zero-order valence-electron chi connectivity index (χ0n) is 19.9. The molecule has 1 amide bonds. The van der Waals surface area contributed by atoms with Crippen molar-refractivity contribution in [1.82, 2.24) is 25.3 Å². The van der Waals surface area contributed by atoms with Crippen LogP contribution < -0.4 is 0 Å². The Hall–Kier alpha value is -3.23. The lowest BCUT2D eigenvalue weighted by molar-refractivity contribution is 0.0660. The zero-order valence-corrected chi connectivity index (χ0v) is 19.9. The lowest BCUT2D eigenvalue weighted by Gasteiger charge is -2.42. The molecule has 1 aliphatic carbocycles. The number of benzene rings is 1. The fraction of sp³-hybridized carbons (Fsp3) is 0.480. The van der Waals surface area contributed by atoms with Crippen LogP contribution in [0.5, 0.6) is 0 Å². The van der Waals surface area contributed by atoms with Crippen molar-refractivity contribution in [3.8, 4) is 11.3 Å². The van der Waals surface area contributed by atoms with E-state index in [-0.39, 0.29) is 29.0 Å². The summed E-state index contributed by atoms with van der Waals surface area (Å²) in [5.41, 5.74) is 1.31. The van der Waals surface area contributed by atoms with Crippen LogP contribution in [0.3, 0.4) is 0 Å². The van der Waals surface area contributed by atoms with Crippen molar-refractivity contribution in [3.63, 3.8) is 0 Å². The molecule has 7 nitrogen and oxygen atoms in total. The van der Waals surface area contributed by atoms with Gasteiger partial charge in [0, 0.05) is 25.4 Å². The van der Waals surface area contributed by atoms with Crippen molar-refractivity contribution in [2.45, 2.75) is 64.7 Å². The quantitative estimate of drug-likeness (QED) is 0.472. The van der Waals surface area contributed by atoms with Gasteiger partial charge in [-0.1, -0.05) is 19.9 Å². The van der Waals surface area contributed by atoms with Crippen LogP contribution in [0.4, 0.5) is 8.78 Å². The van der Waals surface area contributed by atoms with Gasteiger partial charge in [0.1, 0.15) is 11.6 Å². The van der Waals surface area contributed by atoms with Gasteiger partial charge in [0.2, 0.25) is 5.89 Å². The van der Waals surface area contributed by atoms with Crippen molar-refractivity contribution in [2.75, 3.05) is 13.1 Å². The van der Waals surface area contributed by atoms with Gasteiger partial charge < -0.3 is 9.32 Å². The number of hydrogen-bond acceptors (Lipinski definition) is 6. The number of halogens is 2. The van der Waals surface area contributed by atoms with Gasteiger partial charge in [0.25, 0.3) is 0 Å². The van der Waals surface area contributed by atoms with Crippen molar-refractivity contribution < 1.29 is 18.0 Å². The monoisotopic (exact) mass is 469 g/mol. The number of aryl methyl sites for hydroxylation is 1. The predicted molar refractivity (Wildman–Crippen MR) is 122 cm³/mol. The second-order valence-corrected chi connectivity index (χ2v) is 8.85. The summed E-state index contributed by atoms with van der Waals surface area (Å²) >= 11 is 0. The van der Waals surface area contributed by atoms with Crippen molar-refractivity contribution >= 4 is 5.91 Å². The van der Waals surface area contributed by atoms with E-state index in [0.29, 0.717) is 19.0 Å². The third-order valence-electron chi connectivity index (χ3n) is 7.00. The lowest BCUT2D eigenvalue weighted by Crippen LogP contribution is -2.46. The molecule has 9 heteroatoms. The number of carbonyl (C=O) groups is 1. The second kappa shape index (κ2) is 9.56. The number of likely N-dealkylation sites (N-methyl/N-ethyl adjacent to an activating group) is 1. The fourth-order valence-electron chi connectivity index (χ4n) is 4.96. The van der Waals surface area contributed by atoms with Crippen LogP contribution in [-0.4, -0.2) is 44.3 Å². The van der Waals surface area contributed by atoms with E-state index in [0.717, 1.165) is 36.9 Å². The molecule has 0 bridgehead atoms. The van der Waals surface area contributed by atoms with Crippen molar-refractivity contribution in [2.24, 2.45) is 0 Å². The van der Waals surface area contributed by atoms with E-state index in [2.05, 4.69) is 34.2 Å². The van der Waals surface area contributed by atoms with Crippen molar-refractivity contribution in [1.29, 1.82) is 0 Å². The number of rotatable bonds is 7. The first kappa shape index (κ1) is 23.9. The summed E-state index contributed by atoms with van der Waals surface area (Å²) in [5, 5.41) is 16.5. The van der Waals surface area contributed by atoms with E-state index in [1.165, 1.54) is 18.2 Å². The first-order valence-corrected chi connectivity index (χ1v) is 11.7. The smallest absolute Gasteiger partial charge is 0.311 e. The highest BCUT2D eigenvalue weighted by Gasteiger charge is 2.43. The standard InChI is InChI=1S/C25H29F2N5O2/c1-5-16-11-12-25(6-2,14-32(7-3)24(33)23-31-28-15(4)34-23)22-17(16)13-20(29-30-22)21-18(26)9-8-10-19(21)27/h8-10,13,16H,5-7,11-12,14H2,1-4H3/t16-,25+/m0/s1. The number of aromatic nitrogens is 4. The number of fused-ring (bicyclic) bond motifs is 1. The molecule has 0 fully saturated rings.